The van der Waals surface area contributed by atoms with Crippen molar-refractivity contribution < 1.29 is 14.3 Å². The molecule has 0 saturated heterocycles. The molecular weight excluding hydrogens is 426 g/mol. The van der Waals surface area contributed by atoms with Crippen molar-refractivity contribution in [2.24, 2.45) is 0 Å². The third kappa shape index (κ3) is 4.49. The van der Waals surface area contributed by atoms with Gasteiger partial charge in [-0.05, 0) is 47.7 Å². The number of nitrogens with zero attached hydrogens (tertiary/aromatic N) is 1. The van der Waals surface area contributed by atoms with Gasteiger partial charge in [0.25, 0.3) is 0 Å². The Hall–Kier alpha value is -3.80. The Morgan fingerprint density at radius 3 is 2.44 bits per heavy atom. The van der Waals surface area contributed by atoms with Crippen LogP contribution in [0.15, 0.2) is 60.9 Å². The van der Waals surface area contributed by atoms with E-state index in [2.05, 4.69) is 33.5 Å². The summed E-state index contributed by atoms with van der Waals surface area (Å²) >= 11 is 0. The maximum absolute atomic E-state index is 12.4. The number of aromatic amines is 1. The van der Waals surface area contributed by atoms with Crippen LogP contribution in [0.4, 0.5) is 0 Å². The van der Waals surface area contributed by atoms with Gasteiger partial charge in [0.05, 0.1) is 20.6 Å². The lowest BCUT2D eigenvalue weighted by molar-refractivity contribution is -0.121. The number of benzene rings is 2. The van der Waals surface area contributed by atoms with E-state index in [1.165, 1.54) is 12.8 Å². The molecule has 4 aromatic rings. The van der Waals surface area contributed by atoms with Crippen molar-refractivity contribution in [2.45, 2.75) is 38.1 Å². The number of H-pyrrole nitrogens is 1. The Labute approximate surface area is 199 Å². The highest BCUT2D eigenvalue weighted by Crippen LogP contribution is 2.35. The summed E-state index contributed by atoms with van der Waals surface area (Å²) in [6.45, 7) is 0. The van der Waals surface area contributed by atoms with Crippen molar-refractivity contribution in [3.63, 3.8) is 0 Å². The van der Waals surface area contributed by atoms with Crippen molar-refractivity contribution >= 4 is 16.9 Å². The molecule has 0 atom stereocenters. The highest BCUT2D eigenvalue weighted by molar-refractivity contribution is 5.96. The van der Waals surface area contributed by atoms with E-state index in [-0.39, 0.29) is 5.91 Å². The van der Waals surface area contributed by atoms with Gasteiger partial charge in [-0.1, -0.05) is 43.2 Å². The minimum Gasteiger partial charge on any atom is -0.493 e. The highest BCUT2D eigenvalue weighted by atomic mass is 16.5. The number of hydrogen-bond donors (Lipinski definition) is 2. The molecule has 2 aromatic heterocycles. The number of methoxy groups -OCH3 is 2. The van der Waals surface area contributed by atoms with Gasteiger partial charge in [-0.25, -0.2) is 4.98 Å². The normalized spacial score (nSPS) is 13.8. The number of aromatic nitrogens is 2. The van der Waals surface area contributed by atoms with Gasteiger partial charge in [-0.2, -0.15) is 0 Å². The molecule has 1 aliphatic carbocycles. The summed E-state index contributed by atoms with van der Waals surface area (Å²) in [5.74, 6) is 1.48. The van der Waals surface area contributed by atoms with Gasteiger partial charge in [0.1, 0.15) is 5.65 Å². The number of rotatable bonds is 7. The SMILES string of the molecule is COc1ccc(-c2cnc3[nH]cc(-c4ccc(CC(=O)NC5CCCC5)cc4)c3c2)cc1OC. The second-order valence-corrected chi connectivity index (χ2v) is 8.81. The van der Waals surface area contributed by atoms with E-state index in [9.17, 15) is 4.79 Å². The van der Waals surface area contributed by atoms with Crippen LogP contribution in [0.25, 0.3) is 33.3 Å². The lowest BCUT2D eigenvalue weighted by Gasteiger charge is -2.12. The molecule has 0 aliphatic heterocycles. The number of carbonyl (C=O) groups is 1. The molecule has 1 amide bonds. The first kappa shape index (κ1) is 22.0. The van der Waals surface area contributed by atoms with Gasteiger partial charge in [0, 0.05) is 34.9 Å². The zero-order valence-electron chi connectivity index (χ0n) is 19.6. The van der Waals surface area contributed by atoms with Crippen LogP contribution < -0.4 is 14.8 Å². The monoisotopic (exact) mass is 455 g/mol. The molecule has 0 spiro atoms. The van der Waals surface area contributed by atoms with Crippen molar-refractivity contribution in [1.29, 1.82) is 0 Å². The van der Waals surface area contributed by atoms with Gasteiger partial charge >= 0.3 is 0 Å². The first-order valence-corrected chi connectivity index (χ1v) is 11.7. The number of nitrogens with one attached hydrogen (secondary N) is 2. The quantitative estimate of drug-likeness (QED) is 0.385. The average Bonchev–Trinajstić information content (AvgIpc) is 3.53. The fourth-order valence-electron chi connectivity index (χ4n) is 4.75. The third-order valence-corrected chi connectivity index (χ3v) is 6.60. The maximum Gasteiger partial charge on any atom is 0.224 e. The molecule has 1 saturated carbocycles. The Morgan fingerprint density at radius 1 is 0.971 bits per heavy atom. The molecule has 2 N–H and O–H groups in total. The van der Waals surface area contributed by atoms with E-state index in [4.69, 9.17) is 9.47 Å². The van der Waals surface area contributed by atoms with E-state index in [1.54, 1.807) is 14.2 Å². The molecule has 1 aliphatic rings. The maximum atomic E-state index is 12.4. The molecular formula is C28H29N3O3. The van der Waals surface area contributed by atoms with Gasteiger partial charge in [-0.15, -0.1) is 0 Å². The Kier molecular flexibility index (Phi) is 6.21. The number of ether oxygens (including phenoxy) is 2. The Balaban J connectivity index is 1.38. The van der Waals surface area contributed by atoms with Gasteiger partial charge < -0.3 is 19.8 Å². The van der Waals surface area contributed by atoms with Crippen LogP contribution in [0, 0.1) is 0 Å². The highest BCUT2D eigenvalue weighted by Gasteiger charge is 2.17. The van der Waals surface area contributed by atoms with Crippen molar-refractivity contribution in [1.82, 2.24) is 15.3 Å². The van der Waals surface area contributed by atoms with Crippen LogP contribution >= 0.6 is 0 Å². The summed E-state index contributed by atoms with van der Waals surface area (Å²) in [4.78, 5) is 20.3. The molecule has 6 heteroatoms. The Morgan fingerprint density at radius 2 is 1.71 bits per heavy atom. The number of amides is 1. The van der Waals surface area contributed by atoms with Gasteiger partial charge in [-0.3, -0.25) is 4.79 Å². The second kappa shape index (κ2) is 9.59. The summed E-state index contributed by atoms with van der Waals surface area (Å²) in [6, 6.07) is 16.6. The van der Waals surface area contributed by atoms with Crippen LogP contribution in [-0.4, -0.2) is 36.1 Å². The molecule has 174 valence electrons. The van der Waals surface area contributed by atoms with E-state index >= 15 is 0 Å². The van der Waals surface area contributed by atoms with Crippen LogP contribution in [-0.2, 0) is 11.2 Å². The molecule has 5 rings (SSSR count). The molecule has 2 heterocycles. The van der Waals surface area contributed by atoms with Crippen LogP contribution in [0.1, 0.15) is 31.2 Å². The molecule has 0 unspecified atom stereocenters. The molecule has 1 fully saturated rings. The van der Waals surface area contributed by atoms with Crippen LogP contribution in [0.3, 0.4) is 0 Å². The molecule has 34 heavy (non-hydrogen) atoms. The second-order valence-electron chi connectivity index (χ2n) is 8.81. The zero-order valence-corrected chi connectivity index (χ0v) is 19.6. The minimum absolute atomic E-state index is 0.107. The van der Waals surface area contributed by atoms with E-state index in [1.807, 2.05) is 42.7 Å². The van der Waals surface area contributed by atoms with E-state index in [0.717, 1.165) is 51.7 Å². The van der Waals surface area contributed by atoms with Crippen LogP contribution in [0.5, 0.6) is 11.5 Å². The summed E-state index contributed by atoms with van der Waals surface area (Å²) in [6.07, 6.45) is 8.89. The number of fused-ring (bicyclic) bond motifs is 1. The van der Waals surface area contributed by atoms with Gasteiger partial charge in [0.15, 0.2) is 11.5 Å². The average molecular weight is 456 g/mol. The summed E-state index contributed by atoms with van der Waals surface area (Å²) in [5.41, 5.74) is 6.00. The van der Waals surface area contributed by atoms with E-state index < -0.39 is 0 Å². The first-order valence-electron chi connectivity index (χ1n) is 11.7. The molecule has 2 aromatic carbocycles. The molecule has 0 bridgehead atoms. The number of hydrogen-bond acceptors (Lipinski definition) is 4. The van der Waals surface area contributed by atoms with E-state index in [0.29, 0.717) is 24.0 Å². The number of carbonyl (C=O) groups excluding carboxylic acids is 1. The Bertz CT molecular complexity index is 1300. The minimum atomic E-state index is 0.107. The predicted octanol–water partition coefficient (Wildman–Crippen LogP) is 5.52. The van der Waals surface area contributed by atoms with Crippen molar-refractivity contribution in [3.05, 3.63) is 66.5 Å². The molecule has 0 radical (unpaired) electrons. The standard InChI is InChI=1S/C28H29N3O3/c1-33-25-12-11-20(15-26(25)34-2)21-14-23-24(17-30-28(23)29-16-21)19-9-7-18(8-10-19)13-27(32)31-22-5-3-4-6-22/h7-12,14-17,22H,3-6,13H2,1-2H3,(H,29,30)(H,31,32). The smallest absolute Gasteiger partial charge is 0.224 e. The van der Waals surface area contributed by atoms with Crippen molar-refractivity contribution in [3.8, 4) is 33.8 Å². The molecule has 6 nitrogen and oxygen atoms in total. The summed E-state index contributed by atoms with van der Waals surface area (Å²) < 4.78 is 10.8. The zero-order chi connectivity index (χ0) is 23.5. The first-order chi connectivity index (χ1) is 16.6. The topological polar surface area (TPSA) is 76.2 Å². The fourth-order valence-corrected chi connectivity index (χ4v) is 4.75. The predicted molar refractivity (Wildman–Crippen MR) is 134 cm³/mol. The number of pyridine rings is 1. The summed E-state index contributed by atoms with van der Waals surface area (Å²) in [5, 5.41) is 4.20. The largest absolute Gasteiger partial charge is 0.493 e. The fraction of sp³-hybridized carbons (Fsp3) is 0.286. The lowest BCUT2D eigenvalue weighted by Crippen LogP contribution is -2.33. The lowest BCUT2D eigenvalue weighted by atomic mass is 10.0. The van der Waals surface area contributed by atoms with Gasteiger partial charge in [0.2, 0.25) is 5.91 Å². The third-order valence-electron chi connectivity index (χ3n) is 6.60. The summed E-state index contributed by atoms with van der Waals surface area (Å²) in [7, 11) is 3.26. The van der Waals surface area contributed by atoms with Crippen molar-refractivity contribution in [2.75, 3.05) is 14.2 Å². The van der Waals surface area contributed by atoms with Crippen LogP contribution in [0.2, 0.25) is 0 Å².